The number of ether oxygens (including phenoxy) is 1. The molecule has 58 heavy (non-hydrogen) atoms. The van der Waals surface area contributed by atoms with E-state index in [1.807, 2.05) is 53.6 Å². The van der Waals surface area contributed by atoms with Crippen LogP contribution in [-0.2, 0) is 27.2 Å². The van der Waals surface area contributed by atoms with E-state index in [1.54, 1.807) is 19.5 Å². The highest BCUT2D eigenvalue weighted by Gasteiger charge is 2.54. The van der Waals surface area contributed by atoms with Crippen molar-refractivity contribution in [3.05, 3.63) is 83.3 Å². The molecule has 2 amide bonds. The smallest absolute Gasteiger partial charge is 0.458 e. The van der Waals surface area contributed by atoms with Gasteiger partial charge in [-0.15, -0.1) is 0 Å². The van der Waals surface area contributed by atoms with Crippen LogP contribution in [0.1, 0.15) is 11.1 Å². The van der Waals surface area contributed by atoms with E-state index in [-0.39, 0.29) is 6.03 Å². The van der Waals surface area contributed by atoms with Gasteiger partial charge >= 0.3 is 36.1 Å². The Morgan fingerprint density at radius 2 is 1.48 bits per heavy atom. The molecule has 2 aromatic heterocycles. The van der Waals surface area contributed by atoms with Gasteiger partial charge in [0.05, 0.1) is 25.2 Å². The number of anilines is 6. The maximum absolute atomic E-state index is 13.3. The molecule has 0 unspecified atom stereocenters. The maximum atomic E-state index is 13.3. The molecule has 13 nitrogen and oxygen atoms in total. The van der Waals surface area contributed by atoms with Crippen molar-refractivity contribution in [3.63, 3.8) is 0 Å². The van der Waals surface area contributed by atoms with Gasteiger partial charge in [0.15, 0.2) is 5.82 Å². The molecule has 6 bridgehead atoms. The average Bonchev–Trinajstić information content (AvgIpc) is 3.18. The van der Waals surface area contributed by atoms with Gasteiger partial charge in [0, 0.05) is 55.5 Å². The van der Waals surface area contributed by atoms with E-state index < -0.39 is 36.4 Å². The van der Waals surface area contributed by atoms with E-state index in [2.05, 4.69) is 41.9 Å². The fourth-order valence-corrected chi connectivity index (χ4v) is 5.32. The highest BCUT2D eigenvalue weighted by molar-refractivity contribution is 6.41. The average molecular weight is 849 g/mol. The number of nitrogens with one attached hydrogen (secondary N) is 3. The van der Waals surface area contributed by atoms with E-state index in [9.17, 15) is 53.9 Å². The van der Waals surface area contributed by atoms with Crippen LogP contribution in [0, 0.1) is 0 Å². The first-order valence-corrected chi connectivity index (χ1v) is 16.9. The van der Waals surface area contributed by atoms with Gasteiger partial charge < -0.3 is 30.5 Å². The zero-order valence-corrected chi connectivity index (χ0v) is 30.5. The number of amides is 2. The second-order valence-electron chi connectivity index (χ2n) is 12.0. The summed E-state index contributed by atoms with van der Waals surface area (Å²) in [4.78, 5) is 58.6. The number of alkyl halides is 9. The summed E-state index contributed by atoms with van der Waals surface area (Å²) in [5.41, 5.74) is 5.53. The molecule has 0 saturated carbocycles. The molecular weight excluding hydrogens is 819 g/mol. The lowest BCUT2D eigenvalue weighted by molar-refractivity contribution is -0.193. The van der Waals surface area contributed by atoms with E-state index in [0.717, 1.165) is 59.1 Å². The number of aromatic nitrogens is 3. The Balaban J connectivity index is 0.000000346. The van der Waals surface area contributed by atoms with Crippen molar-refractivity contribution in [1.29, 1.82) is 0 Å². The van der Waals surface area contributed by atoms with Crippen LogP contribution in [0.15, 0.2) is 67.1 Å². The van der Waals surface area contributed by atoms with E-state index in [1.165, 1.54) is 0 Å². The molecule has 310 valence electrons. The molecule has 2 aliphatic heterocycles. The summed E-state index contributed by atoms with van der Waals surface area (Å²) in [5, 5.41) is 10.0. The Hall–Kier alpha value is -6.19. The van der Waals surface area contributed by atoms with Crippen LogP contribution in [0.2, 0.25) is 5.02 Å². The Kier molecular flexibility index (Phi) is 14.5. The second kappa shape index (κ2) is 18.8. The van der Waals surface area contributed by atoms with E-state index in [0.29, 0.717) is 36.3 Å². The fourth-order valence-electron chi connectivity index (χ4n) is 5.18. The molecule has 23 heteroatoms. The number of ketones is 2. The van der Waals surface area contributed by atoms with Gasteiger partial charge in [-0.3, -0.25) is 19.4 Å². The topological polar surface area (TPSA) is 159 Å². The number of Topliss-reactive ketones (excluding diaryl/α,β-unsaturated/α-hetero) is 2. The summed E-state index contributed by atoms with van der Waals surface area (Å²) in [6.07, 6.45) is -10.7. The summed E-state index contributed by atoms with van der Waals surface area (Å²) >= 11 is 6.38. The number of aldehydes is 1. The largest absolute Gasteiger partial charge is 0.497 e. The minimum absolute atomic E-state index is 0.110. The molecule has 0 spiro atoms. The number of halogens is 10. The van der Waals surface area contributed by atoms with Gasteiger partial charge in [-0.2, -0.15) is 44.5 Å². The zero-order chi connectivity index (χ0) is 42.8. The molecule has 4 heterocycles. The number of carbonyl (C=O) groups is 4. The Morgan fingerprint density at radius 3 is 2.09 bits per heavy atom. The number of benzene rings is 2. The zero-order valence-electron chi connectivity index (χ0n) is 29.7. The lowest BCUT2D eigenvalue weighted by Gasteiger charge is -2.36. The molecule has 4 aromatic rings. The first-order chi connectivity index (χ1) is 27.2. The number of piperazine rings is 1. The van der Waals surface area contributed by atoms with Crippen molar-refractivity contribution in [2.75, 3.05) is 54.1 Å². The standard InChI is InChI=1S/C29H29ClN8O2.C4F6O2.C2HF3O/c1-40-24-4-2-3-23(15-24)37-9-11-38(12-10-37)29(39)35-26-8-7-21-14-20(26)6-5-19-13-22(17-31-16-19)34-28-32-18-25(30)27(33-21)36-28;5-3(6,7)1(11)2(12)4(8,9)10;3-2(4,5)1-6/h2-4,7-8,13-18H,5-6,9-12H2,1H3,(H,35,39)(H2,32,33,34,36);;1H. The number of pyridine rings is 1. The van der Waals surface area contributed by atoms with Crippen molar-refractivity contribution < 1.29 is 63.4 Å². The molecule has 0 radical (unpaired) electrons. The van der Waals surface area contributed by atoms with Crippen molar-refractivity contribution in [1.82, 2.24) is 19.9 Å². The number of hydrogen-bond acceptors (Lipinski definition) is 11. The van der Waals surface area contributed by atoms with Gasteiger partial charge in [0.2, 0.25) is 12.2 Å². The van der Waals surface area contributed by atoms with Crippen molar-refractivity contribution >= 4 is 70.0 Å². The Labute approximate surface area is 327 Å². The molecule has 1 fully saturated rings. The van der Waals surface area contributed by atoms with Gasteiger partial charge in [-0.1, -0.05) is 17.7 Å². The fraction of sp³-hybridized carbons (Fsp3) is 0.286. The van der Waals surface area contributed by atoms with Crippen LogP contribution in [0.4, 0.5) is 78.8 Å². The van der Waals surface area contributed by atoms with Crippen LogP contribution >= 0.6 is 11.6 Å². The van der Waals surface area contributed by atoms with Gasteiger partial charge in [0.25, 0.3) is 0 Å². The molecular formula is C35H30ClF9N8O5. The first-order valence-electron chi connectivity index (χ1n) is 16.5. The summed E-state index contributed by atoms with van der Waals surface area (Å²) in [6, 6.07) is 15.8. The molecule has 2 aromatic carbocycles. The second-order valence-corrected chi connectivity index (χ2v) is 12.4. The van der Waals surface area contributed by atoms with Crippen LogP contribution < -0.4 is 25.6 Å². The summed E-state index contributed by atoms with van der Waals surface area (Å²) in [7, 11) is 1.67. The molecule has 1 saturated heterocycles. The first kappa shape index (κ1) is 44.5. The number of rotatable bonds is 4. The third kappa shape index (κ3) is 12.9. The van der Waals surface area contributed by atoms with Gasteiger partial charge in [0.1, 0.15) is 10.8 Å². The van der Waals surface area contributed by atoms with Crippen LogP contribution in [0.5, 0.6) is 5.75 Å². The number of carbonyl (C=O) groups excluding carboxylic acids is 4. The minimum atomic E-state index is -5.77. The van der Waals surface area contributed by atoms with Gasteiger partial charge in [-0.05, 0) is 60.4 Å². The predicted octanol–water partition coefficient (Wildman–Crippen LogP) is 7.47. The molecule has 2 aliphatic rings. The molecule has 0 aliphatic carbocycles. The number of hydrogen-bond donors (Lipinski definition) is 3. The van der Waals surface area contributed by atoms with E-state index >= 15 is 0 Å². The normalized spacial score (nSPS) is 13.8. The van der Waals surface area contributed by atoms with Gasteiger partial charge in [-0.25, -0.2) is 9.78 Å². The Morgan fingerprint density at radius 1 is 0.828 bits per heavy atom. The Bertz CT molecular complexity index is 2090. The van der Waals surface area contributed by atoms with Crippen molar-refractivity contribution in [2.24, 2.45) is 0 Å². The number of fused-ring (bicyclic) bond motifs is 6. The predicted molar refractivity (Wildman–Crippen MR) is 192 cm³/mol. The highest BCUT2D eigenvalue weighted by Crippen LogP contribution is 2.30. The molecule has 0 atom stereocenters. The number of aryl methyl sites for hydroxylation is 2. The lowest BCUT2D eigenvalue weighted by Crippen LogP contribution is -2.50. The quantitative estimate of drug-likeness (QED) is 0.106. The summed E-state index contributed by atoms with van der Waals surface area (Å²) < 4.78 is 104. The van der Waals surface area contributed by atoms with Crippen LogP contribution in [-0.4, -0.2) is 95.6 Å². The van der Waals surface area contributed by atoms with E-state index in [4.69, 9.17) is 21.1 Å². The molecule has 6 rings (SSSR count). The van der Waals surface area contributed by atoms with Crippen molar-refractivity contribution in [3.8, 4) is 5.75 Å². The van der Waals surface area contributed by atoms with Crippen LogP contribution in [0.25, 0.3) is 0 Å². The SMILES string of the molecule is COc1cccc(N2CCN(C(=O)Nc3ccc4cc3CCc3cncc(c3)Nc3ncc(Cl)c(n3)N4)CC2)c1.O=C(C(=O)C(F)(F)F)C(F)(F)F.O=CC(F)(F)F. The van der Waals surface area contributed by atoms with Crippen molar-refractivity contribution in [2.45, 2.75) is 31.4 Å². The number of nitrogens with zero attached hydrogens (tertiary/aromatic N) is 5. The highest BCUT2D eigenvalue weighted by atomic mass is 35.5. The minimum Gasteiger partial charge on any atom is -0.497 e. The van der Waals surface area contributed by atoms with Crippen LogP contribution in [0.3, 0.4) is 0 Å². The number of urea groups is 1. The third-order valence-electron chi connectivity index (χ3n) is 7.93. The number of methoxy groups -OCH3 is 1. The third-order valence-corrected chi connectivity index (χ3v) is 8.20. The maximum Gasteiger partial charge on any atom is 0.458 e. The summed E-state index contributed by atoms with van der Waals surface area (Å²) in [6.45, 7) is 2.74. The molecule has 3 N–H and O–H groups in total. The monoisotopic (exact) mass is 848 g/mol. The lowest BCUT2D eigenvalue weighted by atomic mass is 10.0. The summed E-state index contributed by atoms with van der Waals surface area (Å²) in [5.74, 6) is -5.09.